The number of hydrogen-bond donors (Lipinski definition) is 1. The number of amides is 1. The van der Waals surface area contributed by atoms with Crippen molar-refractivity contribution in [2.24, 2.45) is 5.73 Å². The van der Waals surface area contributed by atoms with Crippen molar-refractivity contribution < 1.29 is 4.79 Å². The van der Waals surface area contributed by atoms with E-state index in [0.717, 1.165) is 22.3 Å². The monoisotopic (exact) mass is 340 g/mol. The predicted octanol–water partition coefficient (Wildman–Crippen LogP) is 3.17. The minimum atomic E-state index is -0.338. The van der Waals surface area contributed by atoms with Gasteiger partial charge in [-0.15, -0.1) is 0 Å². The molecule has 0 saturated carbocycles. The van der Waals surface area contributed by atoms with E-state index in [4.69, 9.17) is 17.3 Å². The molecule has 3 rings (SSSR count). The Balaban J connectivity index is 1.99. The van der Waals surface area contributed by atoms with Gasteiger partial charge in [0, 0.05) is 29.9 Å². The molecule has 0 aliphatic heterocycles. The minimum absolute atomic E-state index is 0.256. The molecule has 0 unspecified atom stereocenters. The van der Waals surface area contributed by atoms with Crippen molar-refractivity contribution in [3.05, 3.63) is 65.4 Å². The van der Waals surface area contributed by atoms with Gasteiger partial charge in [-0.2, -0.15) is 0 Å². The standard InChI is InChI=1S/C18H17ClN4O/c19-14-6-7-15-16(10-14)21-12-22-18(15)23(9-8-17(20)24)11-13-4-2-1-3-5-13/h1-7,10,12H,8-9,11H2,(H2,20,24). The fourth-order valence-corrected chi connectivity index (χ4v) is 2.74. The van der Waals surface area contributed by atoms with Gasteiger partial charge in [0.1, 0.15) is 12.1 Å². The van der Waals surface area contributed by atoms with Crippen LogP contribution >= 0.6 is 11.6 Å². The fourth-order valence-electron chi connectivity index (χ4n) is 2.58. The number of rotatable bonds is 6. The average molecular weight is 341 g/mol. The number of benzene rings is 2. The van der Waals surface area contributed by atoms with Crippen LogP contribution in [0.15, 0.2) is 54.9 Å². The zero-order chi connectivity index (χ0) is 16.9. The first-order valence-electron chi connectivity index (χ1n) is 7.61. The topological polar surface area (TPSA) is 72.1 Å². The van der Waals surface area contributed by atoms with Crippen LogP contribution in [-0.4, -0.2) is 22.4 Å². The first-order valence-corrected chi connectivity index (χ1v) is 7.99. The molecule has 0 aliphatic carbocycles. The summed E-state index contributed by atoms with van der Waals surface area (Å²) in [6.07, 6.45) is 1.77. The van der Waals surface area contributed by atoms with Crippen molar-refractivity contribution in [3.8, 4) is 0 Å². The van der Waals surface area contributed by atoms with E-state index in [1.165, 1.54) is 6.33 Å². The summed E-state index contributed by atoms with van der Waals surface area (Å²) in [7, 11) is 0. The van der Waals surface area contributed by atoms with Crippen molar-refractivity contribution in [1.82, 2.24) is 9.97 Å². The maximum absolute atomic E-state index is 11.2. The SMILES string of the molecule is NC(=O)CCN(Cc1ccccc1)c1ncnc2cc(Cl)ccc12. The van der Waals surface area contributed by atoms with Gasteiger partial charge in [0.15, 0.2) is 0 Å². The lowest BCUT2D eigenvalue weighted by Gasteiger charge is -2.24. The van der Waals surface area contributed by atoms with Crippen LogP contribution in [-0.2, 0) is 11.3 Å². The third kappa shape index (κ3) is 3.81. The maximum Gasteiger partial charge on any atom is 0.219 e. The highest BCUT2D eigenvalue weighted by Crippen LogP contribution is 2.26. The van der Waals surface area contributed by atoms with E-state index in [1.807, 2.05) is 47.4 Å². The lowest BCUT2D eigenvalue weighted by atomic mass is 10.1. The van der Waals surface area contributed by atoms with Crippen LogP contribution in [0.4, 0.5) is 5.82 Å². The number of carbonyl (C=O) groups excluding carboxylic acids is 1. The normalized spacial score (nSPS) is 10.7. The molecule has 2 aromatic carbocycles. The third-order valence-corrected chi connectivity index (χ3v) is 3.96. The second-order valence-electron chi connectivity index (χ2n) is 5.48. The Morgan fingerprint density at radius 1 is 1.12 bits per heavy atom. The number of halogens is 1. The number of nitrogens with zero attached hydrogens (tertiary/aromatic N) is 3. The summed E-state index contributed by atoms with van der Waals surface area (Å²) in [4.78, 5) is 22.0. The first kappa shape index (κ1) is 16.2. The van der Waals surface area contributed by atoms with Gasteiger partial charge in [-0.05, 0) is 23.8 Å². The predicted molar refractivity (Wildman–Crippen MR) is 95.9 cm³/mol. The summed E-state index contributed by atoms with van der Waals surface area (Å²) in [6.45, 7) is 1.11. The van der Waals surface area contributed by atoms with E-state index in [9.17, 15) is 4.79 Å². The van der Waals surface area contributed by atoms with E-state index in [2.05, 4.69) is 9.97 Å². The average Bonchev–Trinajstić information content (AvgIpc) is 2.58. The number of carbonyl (C=O) groups is 1. The third-order valence-electron chi connectivity index (χ3n) is 3.72. The van der Waals surface area contributed by atoms with Crippen LogP contribution in [0.1, 0.15) is 12.0 Å². The van der Waals surface area contributed by atoms with Crippen LogP contribution in [0, 0.1) is 0 Å². The maximum atomic E-state index is 11.2. The second kappa shape index (κ2) is 7.27. The molecule has 6 heteroatoms. The summed E-state index contributed by atoms with van der Waals surface area (Å²) in [5.74, 6) is 0.427. The molecule has 0 fully saturated rings. The molecule has 1 heterocycles. The summed E-state index contributed by atoms with van der Waals surface area (Å²) in [5, 5.41) is 1.51. The second-order valence-corrected chi connectivity index (χ2v) is 5.92. The summed E-state index contributed by atoms with van der Waals surface area (Å²) >= 11 is 6.05. The number of nitrogens with two attached hydrogens (primary N) is 1. The van der Waals surface area contributed by atoms with Crippen LogP contribution < -0.4 is 10.6 Å². The molecule has 1 amide bonds. The van der Waals surface area contributed by atoms with Crippen LogP contribution in [0.2, 0.25) is 5.02 Å². The highest BCUT2D eigenvalue weighted by molar-refractivity contribution is 6.31. The largest absolute Gasteiger partial charge is 0.370 e. The van der Waals surface area contributed by atoms with Crippen molar-refractivity contribution in [2.45, 2.75) is 13.0 Å². The lowest BCUT2D eigenvalue weighted by Crippen LogP contribution is -2.28. The number of hydrogen-bond acceptors (Lipinski definition) is 4. The van der Waals surface area contributed by atoms with Gasteiger partial charge in [0.2, 0.25) is 5.91 Å². The summed E-state index contributed by atoms with van der Waals surface area (Å²) in [6, 6.07) is 15.5. The van der Waals surface area contributed by atoms with Crippen LogP contribution in [0.25, 0.3) is 10.9 Å². The van der Waals surface area contributed by atoms with E-state index in [-0.39, 0.29) is 12.3 Å². The quantitative estimate of drug-likeness (QED) is 0.748. The molecule has 0 aliphatic rings. The van der Waals surface area contributed by atoms with E-state index in [1.54, 1.807) is 6.07 Å². The molecule has 5 nitrogen and oxygen atoms in total. The van der Waals surface area contributed by atoms with Crippen molar-refractivity contribution in [2.75, 3.05) is 11.4 Å². The Labute approximate surface area is 145 Å². The van der Waals surface area contributed by atoms with E-state index >= 15 is 0 Å². The molecule has 0 bridgehead atoms. The Morgan fingerprint density at radius 2 is 1.92 bits per heavy atom. The van der Waals surface area contributed by atoms with Gasteiger partial charge in [0.05, 0.1) is 5.52 Å². The Bertz CT molecular complexity index is 854. The smallest absolute Gasteiger partial charge is 0.219 e. The molecule has 2 N–H and O–H groups in total. The van der Waals surface area contributed by atoms with Gasteiger partial charge in [-0.25, -0.2) is 9.97 Å². The van der Waals surface area contributed by atoms with Crippen LogP contribution in [0.5, 0.6) is 0 Å². The van der Waals surface area contributed by atoms with Gasteiger partial charge in [-0.3, -0.25) is 4.79 Å². The number of anilines is 1. The molecule has 24 heavy (non-hydrogen) atoms. The van der Waals surface area contributed by atoms with Crippen molar-refractivity contribution in [3.63, 3.8) is 0 Å². The zero-order valence-electron chi connectivity index (χ0n) is 13.0. The molecular formula is C18H17ClN4O. The molecule has 122 valence electrons. The molecule has 1 aromatic heterocycles. The van der Waals surface area contributed by atoms with E-state index < -0.39 is 0 Å². The summed E-state index contributed by atoms with van der Waals surface area (Å²) in [5.41, 5.74) is 7.22. The Kier molecular flexibility index (Phi) is 4.91. The van der Waals surface area contributed by atoms with Crippen molar-refractivity contribution >= 4 is 34.2 Å². The minimum Gasteiger partial charge on any atom is -0.370 e. The van der Waals surface area contributed by atoms with Gasteiger partial charge in [0.25, 0.3) is 0 Å². The molecule has 0 radical (unpaired) electrons. The van der Waals surface area contributed by atoms with Gasteiger partial charge < -0.3 is 10.6 Å². The van der Waals surface area contributed by atoms with Gasteiger partial charge in [-0.1, -0.05) is 41.9 Å². The molecular weight excluding hydrogens is 324 g/mol. The number of fused-ring (bicyclic) bond motifs is 1. The van der Waals surface area contributed by atoms with Crippen molar-refractivity contribution in [1.29, 1.82) is 0 Å². The summed E-state index contributed by atoms with van der Waals surface area (Å²) < 4.78 is 0. The molecule has 0 saturated heterocycles. The molecule has 0 atom stereocenters. The Hall–Kier alpha value is -2.66. The lowest BCUT2D eigenvalue weighted by molar-refractivity contribution is -0.117. The van der Waals surface area contributed by atoms with Crippen LogP contribution in [0.3, 0.4) is 0 Å². The fraction of sp³-hybridized carbons (Fsp3) is 0.167. The first-order chi connectivity index (χ1) is 11.6. The molecule has 3 aromatic rings. The number of aromatic nitrogens is 2. The van der Waals surface area contributed by atoms with E-state index in [0.29, 0.717) is 18.1 Å². The highest BCUT2D eigenvalue weighted by Gasteiger charge is 2.14. The molecule has 0 spiro atoms. The number of primary amides is 1. The highest BCUT2D eigenvalue weighted by atomic mass is 35.5. The Morgan fingerprint density at radius 3 is 2.67 bits per heavy atom. The zero-order valence-corrected chi connectivity index (χ0v) is 13.8. The van der Waals surface area contributed by atoms with Gasteiger partial charge >= 0.3 is 0 Å².